The highest BCUT2D eigenvalue weighted by Gasteiger charge is 2.09. The average Bonchev–Trinajstić information content (AvgIpc) is 2.16. The molecule has 0 saturated carbocycles. The van der Waals surface area contributed by atoms with E-state index in [1.54, 1.807) is 18.2 Å². The zero-order valence-electron chi connectivity index (χ0n) is 9.06. The highest BCUT2D eigenvalue weighted by Crippen LogP contribution is 2.29. The number of aldehydes is 1. The van der Waals surface area contributed by atoms with Crippen molar-refractivity contribution in [1.82, 2.24) is 0 Å². The topological polar surface area (TPSA) is 46.5 Å². The lowest BCUT2D eigenvalue weighted by molar-refractivity contribution is -0.107. The van der Waals surface area contributed by atoms with E-state index < -0.39 is 0 Å². The summed E-state index contributed by atoms with van der Waals surface area (Å²) >= 11 is 0. The molecule has 0 aliphatic rings. The molecule has 1 N–H and O–H groups in total. The van der Waals surface area contributed by atoms with E-state index in [0.717, 1.165) is 6.29 Å². The van der Waals surface area contributed by atoms with Crippen LogP contribution < -0.4 is 4.74 Å². The Morgan fingerprint density at radius 2 is 2.20 bits per heavy atom. The van der Waals surface area contributed by atoms with Crippen LogP contribution in [0.2, 0.25) is 0 Å². The standard InChI is InChI=1S/C12H16O3/c1-9(2)15-12-7-3-6-11(14)10(12)5-4-8-13/h3,6-9,14H,4-5H2,1-2H3. The van der Waals surface area contributed by atoms with Crippen LogP contribution in [-0.4, -0.2) is 17.5 Å². The third-order valence-electron chi connectivity index (χ3n) is 1.98. The normalized spacial score (nSPS) is 10.3. The maximum atomic E-state index is 10.3. The number of carbonyl (C=O) groups excluding carboxylic acids is 1. The Labute approximate surface area is 89.7 Å². The van der Waals surface area contributed by atoms with Gasteiger partial charge in [0.1, 0.15) is 17.8 Å². The number of phenols is 1. The van der Waals surface area contributed by atoms with Gasteiger partial charge in [-0.05, 0) is 32.4 Å². The average molecular weight is 208 g/mol. The van der Waals surface area contributed by atoms with Gasteiger partial charge in [-0.15, -0.1) is 0 Å². The Bertz CT molecular complexity index is 332. The van der Waals surface area contributed by atoms with Crippen LogP contribution in [0.5, 0.6) is 11.5 Å². The molecule has 82 valence electrons. The lowest BCUT2D eigenvalue weighted by Crippen LogP contribution is -2.07. The van der Waals surface area contributed by atoms with Crippen LogP contribution in [0.1, 0.15) is 25.8 Å². The lowest BCUT2D eigenvalue weighted by Gasteiger charge is -2.14. The van der Waals surface area contributed by atoms with Crippen molar-refractivity contribution < 1.29 is 14.6 Å². The fourth-order valence-corrected chi connectivity index (χ4v) is 1.37. The molecule has 0 fully saturated rings. The maximum Gasteiger partial charge on any atom is 0.126 e. The molecule has 0 aromatic heterocycles. The van der Waals surface area contributed by atoms with Crippen LogP contribution in [0.25, 0.3) is 0 Å². The minimum atomic E-state index is 0.0572. The third-order valence-corrected chi connectivity index (χ3v) is 1.98. The molecular formula is C12H16O3. The first-order valence-electron chi connectivity index (χ1n) is 5.06. The number of ether oxygens (including phenoxy) is 1. The zero-order valence-corrected chi connectivity index (χ0v) is 9.06. The molecule has 0 amide bonds. The molecule has 0 saturated heterocycles. The first-order valence-corrected chi connectivity index (χ1v) is 5.06. The largest absolute Gasteiger partial charge is 0.508 e. The van der Waals surface area contributed by atoms with E-state index in [-0.39, 0.29) is 11.9 Å². The molecule has 1 rings (SSSR count). The summed E-state index contributed by atoms with van der Waals surface area (Å²) in [5.74, 6) is 0.849. The molecule has 1 aromatic rings. The van der Waals surface area contributed by atoms with Gasteiger partial charge in [0.05, 0.1) is 6.10 Å². The summed E-state index contributed by atoms with van der Waals surface area (Å²) in [6.07, 6.45) is 1.80. The van der Waals surface area contributed by atoms with Gasteiger partial charge in [-0.2, -0.15) is 0 Å². The van der Waals surface area contributed by atoms with Crippen molar-refractivity contribution >= 4 is 6.29 Å². The fourth-order valence-electron chi connectivity index (χ4n) is 1.37. The Balaban J connectivity index is 2.91. The van der Waals surface area contributed by atoms with Crippen molar-refractivity contribution in [3.63, 3.8) is 0 Å². The summed E-state index contributed by atoms with van der Waals surface area (Å²) in [7, 11) is 0. The second-order valence-electron chi connectivity index (χ2n) is 3.63. The van der Waals surface area contributed by atoms with Crippen molar-refractivity contribution in [2.24, 2.45) is 0 Å². The predicted octanol–water partition coefficient (Wildman–Crippen LogP) is 2.31. The molecule has 0 heterocycles. The quantitative estimate of drug-likeness (QED) is 0.755. The van der Waals surface area contributed by atoms with Crippen molar-refractivity contribution in [2.45, 2.75) is 32.8 Å². The van der Waals surface area contributed by atoms with Crippen LogP contribution in [-0.2, 0) is 11.2 Å². The molecule has 1 aromatic carbocycles. The summed E-state index contributed by atoms with van der Waals surface area (Å²) in [4.78, 5) is 10.3. The molecule has 0 spiro atoms. The number of carbonyl (C=O) groups is 1. The smallest absolute Gasteiger partial charge is 0.126 e. The number of phenolic OH excluding ortho intramolecular Hbond substituents is 1. The van der Waals surface area contributed by atoms with Crippen molar-refractivity contribution in [1.29, 1.82) is 0 Å². The highest BCUT2D eigenvalue weighted by atomic mass is 16.5. The molecule has 0 atom stereocenters. The number of benzene rings is 1. The van der Waals surface area contributed by atoms with Crippen molar-refractivity contribution in [3.8, 4) is 11.5 Å². The van der Waals surface area contributed by atoms with Crippen molar-refractivity contribution in [3.05, 3.63) is 23.8 Å². The van der Waals surface area contributed by atoms with Gasteiger partial charge in [0.2, 0.25) is 0 Å². The van der Waals surface area contributed by atoms with Crippen molar-refractivity contribution in [2.75, 3.05) is 0 Å². The van der Waals surface area contributed by atoms with E-state index in [9.17, 15) is 9.90 Å². The molecule has 15 heavy (non-hydrogen) atoms. The van der Waals surface area contributed by atoms with Gasteiger partial charge in [0.25, 0.3) is 0 Å². The number of hydrogen-bond acceptors (Lipinski definition) is 3. The first-order chi connectivity index (χ1) is 7.15. The fraction of sp³-hybridized carbons (Fsp3) is 0.417. The van der Waals surface area contributed by atoms with Gasteiger partial charge in [-0.25, -0.2) is 0 Å². The molecule has 0 radical (unpaired) electrons. The van der Waals surface area contributed by atoms with E-state index in [2.05, 4.69) is 0 Å². The molecule has 0 unspecified atom stereocenters. The van der Waals surface area contributed by atoms with Crippen LogP contribution in [0.3, 0.4) is 0 Å². The SMILES string of the molecule is CC(C)Oc1cccc(O)c1CCC=O. The van der Waals surface area contributed by atoms with Crippen LogP contribution in [0.15, 0.2) is 18.2 Å². The van der Waals surface area contributed by atoms with E-state index >= 15 is 0 Å². The second kappa shape index (κ2) is 5.39. The van der Waals surface area contributed by atoms with Gasteiger partial charge < -0.3 is 14.6 Å². The summed E-state index contributed by atoms with van der Waals surface area (Å²) in [5.41, 5.74) is 0.707. The molecule has 3 nitrogen and oxygen atoms in total. The Morgan fingerprint density at radius 1 is 1.47 bits per heavy atom. The molecule has 3 heteroatoms. The maximum absolute atomic E-state index is 10.3. The van der Waals surface area contributed by atoms with E-state index in [1.807, 2.05) is 13.8 Å². The van der Waals surface area contributed by atoms with Crippen LogP contribution in [0, 0.1) is 0 Å². The lowest BCUT2D eigenvalue weighted by atomic mass is 10.1. The Kier molecular flexibility index (Phi) is 4.16. The Hall–Kier alpha value is -1.51. The van der Waals surface area contributed by atoms with E-state index in [0.29, 0.717) is 24.2 Å². The second-order valence-corrected chi connectivity index (χ2v) is 3.63. The molecule has 0 aliphatic carbocycles. The van der Waals surface area contributed by atoms with Gasteiger partial charge >= 0.3 is 0 Å². The first kappa shape index (κ1) is 11.6. The number of hydrogen-bond donors (Lipinski definition) is 1. The molecular weight excluding hydrogens is 192 g/mol. The number of rotatable bonds is 5. The monoisotopic (exact) mass is 208 g/mol. The van der Waals surface area contributed by atoms with Gasteiger partial charge in [-0.1, -0.05) is 6.07 Å². The minimum Gasteiger partial charge on any atom is -0.508 e. The highest BCUT2D eigenvalue weighted by molar-refractivity contribution is 5.52. The summed E-state index contributed by atoms with van der Waals surface area (Å²) in [6.45, 7) is 3.85. The van der Waals surface area contributed by atoms with Crippen LogP contribution >= 0.6 is 0 Å². The van der Waals surface area contributed by atoms with E-state index in [4.69, 9.17) is 4.74 Å². The summed E-state index contributed by atoms with van der Waals surface area (Å²) in [6, 6.07) is 5.14. The third kappa shape index (κ3) is 3.27. The zero-order chi connectivity index (χ0) is 11.3. The predicted molar refractivity (Wildman–Crippen MR) is 58.3 cm³/mol. The summed E-state index contributed by atoms with van der Waals surface area (Å²) in [5, 5.41) is 9.63. The molecule has 0 aliphatic heterocycles. The van der Waals surface area contributed by atoms with E-state index in [1.165, 1.54) is 0 Å². The molecule has 0 bridgehead atoms. The van der Waals surface area contributed by atoms with Crippen LogP contribution in [0.4, 0.5) is 0 Å². The Morgan fingerprint density at radius 3 is 2.80 bits per heavy atom. The minimum absolute atomic E-state index is 0.0572. The number of aromatic hydroxyl groups is 1. The van der Waals surface area contributed by atoms with Gasteiger partial charge in [0, 0.05) is 12.0 Å². The van der Waals surface area contributed by atoms with Gasteiger partial charge in [-0.3, -0.25) is 0 Å². The van der Waals surface area contributed by atoms with Gasteiger partial charge in [0.15, 0.2) is 0 Å². The summed E-state index contributed by atoms with van der Waals surface area (Å²) < 4.78 is 5.55.